The summed E-state index contributed by atoms with van der Waals surface area (Å²) in [5, 5.41) is 0.989. The van der Waals surface area contributed by atoms with Crippen molar-refractivity contribution < 1.29 is 4.79 Å². The van der Waals surface area contributed by atoms with E-state index in [1.807, 2.05) is 42.2 Å². The second-order valence-electron chi connectivity index (χ2n) is 4.41. The monoisotopic (exact) mass is 257 g/mol. The van der Waals surface area contributed by atoms with E-state index in [0.717, 1.165) is 17.3 Å². The molecule has 0 spiro atoms. The maximum atomic E-state index is 12.5. The van der Waals surface area contributed by atoms with Crippen LogP contribution in [0.4, 0.5) is 0 Å². The second kappa shape index (κ2) is 6.29. The summed E-state index contributed by atoms with van der Waals surface area (Å²) in [7, 11) is 0. The first-order valence-corrected chi connectivity index (χ1v) is 6.61. The molecule has 0 bridgehead atoms. The minimum Gasteiger partial charge on any atom is -0.339 e. The number of hydrogen-bond acceptors (Lipinski definition) is 3. The maximum Gasteiger partial charge on any atom is 0.256 e. The number of hydrogen-bond donors (Lipinski definition) is 1. The number of amides is 1. The van der Waals surface area contributed by atoms with Crippen molar-refractivity contribution >= 4 is 16.8 Å². The van der Waals surface area contributed by atoms with Crippen molar-refractivity contribution in [1.29, 1.82) is 0 Å². The van der Waals surface area contributed by atoms with Gasteiger partial charge in [0.15, 0.2) is 0 Å². The molecule has 0 saturated carbocycles. The molecule has 1 aromatic carbocycles. The number of benzene rings is 1. The number of nitrogens with two attached hydrogens (primary N) is 1. The van der Waals surface area contributed by atoms with E-state index in [1.165, 1.54) is 0 Å². The van der Waals surface area contributed by atoms with E-state index in [2.05, 4.69) is 4.98 Å². The van der Waals surface area contributed by atoms with E-state index in [9.17, 15) is 4.79 Å². The van der Waals surface area contributed by atoms with E-state index >= 15 is 0 Å². The van der Waals surface area contributed by atoms with Gasteiger partial charge in [0.2, 0.25) is 0 Å². The van der Waals surface area contributed by atoms with Crippen LogP contribution in [0.15, 0.2) is 36.5 Å². The van der Waals surface area contributed by atoms with Crippen LogP contribution in [0.5, 0.6) is 0 Å². The van der Waals surface area contributed by atoms with E-state index in [4.69, 9.17) is 5.73 Å². The van der Waals surface area contributed by atoms with Gasteiger partial charge in [-0.1, -0.05) is 18.2 Å². The molecule has 1 amide bonds. The molecule has 0 aliphatic heterocycles. The number of rotatable bonds is 5. The molecule has 2 rings (SSSR count). The number of fused-ring (bicyclic) bond motifs is 1. The molecule has 0 aliphatic carbocycles. The van der Waals surface area contributed by atoms with Crippen molar-refractivity contribution in [2.75, 3.05) is 19.6 Å². The molecule has 2 N–H and O–H groups in total. The minimum absolute atomic E-state index is 0.0280. The van der Waals surface area contributed by atoms with Crippen LogP contribution < -0.4 is 5.73 Å². The Bertz CT molecular complexity index is 563. The zero-order valence-corrected chi connectivity index (χ0v) is 11.2. The summed E-state index contributed by atoms with van der Waals surface area (Å²) >= 11 is 0. The van der Waals surface area contributed by atoms with Crippen molar-refractivity contribution in [3.63, 3.8) is 0 Å². The van der Waals surface area contributed by atoms with Gasteiger partial charge in [-0.25, -0.2) is 0 Å². The molecule has 1 aromatic heterocycles. The van der Waals surface area contributed by atoms with Gasteiger partial charge in [0, 0.05) is 24.7 Å². The zero-order chi connectivity index (χ0) is 13.7. The number of carbonyl (C=O) groups is 1. The van der Waals surface area contributed by atoms with Gasteiger partial charge in [-0.15, -0.1) is 0 Å². The van der Waals surface area contributed by atoms with Crippen LogP contribution in [0.1, 0.15) is 23.7 Å². The lowest BCUT2D eigenvalue weighted by Crippen LogP contribution is -2.33. The molecule has 0 atom stereocenters. The Labute approximate surface area is 113 Å². The standard InChI is InChI=1S/C15H19N3O/c1-2-18(11-5-9-16)15(19)13-8-3-6-12-7-4-10-17-14(12)13/h3-4,6-8,10H,2,5,9,11,16H2,1H3. The van der Waals surface area contributed by atoms with E-state index < -0.39 is 0 Å². The fraction of sp³-hybridized carbons (Fsp3) is 0.333. The van der Waals surface area contributed by atoms with Crippen molar-refractivity contribution in [2.45, 2.75) is 13.3 Å². The Balaban J connectivity index is 2.35. The lowest BCUT2D eigenvalue weighted by molar-refractivity contribution is 0.0765. The highest BCUT2D eigenvalue weighted by molar-refractivity contribution is 6.05. The van der Waals surface area contributed by atoms with Gasteiger partial charge in [0.25, 0.3) is 5.91 Å². The van der Waals surface area contributed by atoms with E-state index in [0.29, 0.717) is 25.2 Å². The van der Waals surface area contributed by atoms with Crippen LogP contribution in [-0.2, 0) is 0 Å². The first-order chi connectivity index (χ1) is 9.27. The van der Waals surface area contributed by atoms with Gasteiger partial charge >= 0.3 is 0 Å². The van der Waals surface area contributed by atoms with Gasteiger partial charge in [-0.2, -0.15) is 0 Å². The van der Waals surface area contributed by atoms with Gasteiger partial charge in [-0.05, 0) is 32.0 Å². The van der Waals surface area contributed by atoms with Crippen molar-refractivity contribution in [3.05, 3.63) is 42.1 Å². The molecule has 4 heteroatoms. The number of nitrogens with zero attached hydrogens (tertiary/aromatic N) is 2. The topological polar surface area (TPSA) is 59.2 Å². The average Bonchev–Trinajstić information content (AvgIpc) is 2.47. The highest BCUT2D eigenvalue weighted by atomic mass is 16.2. The zero-order valence-electron chi connectivity index (χ0n) is 11.2. The normalized spacial score (nSPS) is 10.6. The summed E-state index contributed by atoms with van der Waals surface area (Å²) in [4.78, 5) is 18.7. The Hall–Kier alpha value is -1.94. The predicted octanol–water partition coefficient (Wildman–Crippen LogP) is 2.05. The smallest absolute Gasteiger partial charge is 0.256 e. The Morgan fingerprint density at radius 2 is 2.11 bits per heavy atom. The largest absolute Gasteiger partial charge is 0.339 e. The first kappa shape index (κ1) is 13.5. The number of carbonyl (C=O) groups excluding carboxylic acids is 1. The third-order valence-electron chi connectivity index (χ3n) is 3.16. The second-order valence-corrected chi connectivity index (χ2v) is 4.41. The quantitative estimate of drug-likeness (QED) is 0.891. The SMILES string of the molecule is CCN(CCCN)C(=O)c1cccc2cccnc12. The number of aromatic nitrogens is 1. The Kier molecular flexibility index (Phi) is 4.47. The lowest BCUT2D eigenvalue weighted by Gasteiger charge is -2.21. The first-order valence-electron chi connectivity index (χ1n) is 6.61. The Morgan fingerprint density at radius 1 is 1.32 bits per heavy atom. The molecule has 0 radical (unpaired) electrons. The van der Waals surface area contributed by atoms with Gasteiger partial charge < -0.3 is 10.6 Å². The molecule has 0 fully saturated rings. The summed E-state index contributed by atoms with van der Waals surface area (Å²) in [6, 6.07) is 9.55. The van der Waals surface area contributed by atoms with Crippen LogP contribution >= 0.6 is 0 Å². The molecule has 1 heterocycles. The molecule has 2 aromatic rings. The van der Waals surface area contributed by atoms with E-state index in [-0.39, 0.29) is 5.91 Å². The van der Waals surface area contributed by atoms with Crippen molar-refractivity contribution in [3.8, 4) is 0 Å². The highest BCUT2D eigenvalue weighted by Gasteiger charge is 2.16. The summed E-state index contributed by atoms with van der Waals surface area (Å²) < 4.78 is 0. The van der Waals surface area contributed by atoms with Gasteiger partial charge in [0.1, 0.15) is 0 Å². The van der Waals surface area contributed by atoms with Crippen LogP contribution in [0.25, 0.3) is 10.9 Å². The Morgan fingerprint density at radius 3 is 2.84 bits per heavy atom. The van der Waals surface area contributed by atoms with Gasteiger partial charge in [-0.3, -0.25) is 9.78 Å². The molecule has 100 valence electrons. The minimum atomic E-state index is 0.0280. The number of pyridine rings is 1. The third kappa shape index (κ3) is 2.90. The maximum absolute atomic E-state index is 12.5. The summed E-state index contributed by atoms with van der Waals surface area (Å²) in [6.07, 6.45) is 2.53. The third-order valence-corrected chi connectivity index (χ3v) is 3.16. The summed E-state index contributed by atoms with van der Waals surface area (Å²) in [5.41, 5.74) is 6.94. The van der Waals surface area contributed by atoms with Crippen LogP contribution in [0, 0.1) is 0 Å². The van der Waals surface area contributed by atoms with Crippen LogP contribution in [0.3, 0.4) is 0 Å². The van der Waals surface area contributed by atoms with Crippen LogP contribution in [0.2, 0.25) is 0 Å². The fourth-order valence-corrected chi connectivity index (χ4v) is 2.13. The lowest BCUT2D eigenvalue weighted by atomic mass is 10.1. The predicted molar refractivity (Wildman–Crippen MR) is 77.0 cm³/mol. The summed E-state index contributed by atoms with van der Waals surface area (Å²) in [5.74, 6) is 0.0280. The molecule has 0 unspecified atom stereocenters. The van der Waals surface area contributed by atoms with Crippen molar-refractivity contribution in [2.24, 2.45) is 5.73 Å². The summed E-state index contributed by atoms with van der Waals surface area (Å²) in [6.45, 7) is 3.95. The fourth-order valence-electron chi connectivity index (χ4n) is 2.13. The molecule has 19 heavy (non-hydrogen) atoms. The molecule has 4 nitrogen and oxygen atoms in total. The van der Waals surface area contributed by atoms with E-state index in [1.54, 1.807) is 6.20 Å². The number of para-hydroxylation sites is 1. The van der Waals surface area contributed by atoms with Crippen LogP contribution in [-0.4, -0.2) is 35.4 Å². The molecule has 0 saturated heterocycles. The highest BCUT2D eigenvalue weighted by Crippen LogP contribution is 2.17. The van der Waals surface area contributed by atoms with Gasteiger partial charge in [0.05, 0.1) is 11.1 Å². The molecular formula is C15H19N3O. The van der Waals surface area contributed by atoms with Crippen molar-refractivity contribution in [1.82, 2.24) is 9.88 Å². The molecule has 0 aliphatic rings. The average molecular weight is 257 g/mol. The molecular weight excluding hydrogens is 238 g/mol.